The minimum absolute atomic E-state index is 0.370. The number of rotatable bonds is 3. The van der Waals surface area contributed by atoms with Gasteiger partial charge in [-0.2, -0.15) is 0 Å². The number of aliphatic hydroxyl groups is 1. The molecule has 1 heterocycles. The molecule has 0 saturated carbocycles. The summed E-state index contributed by atoms with van der Waals surface area (Å²) in [6, 6.07) is 17.6. The predicted molar refractivity (Wildman–Crippen MR) is 83.3 cm³/mol. The van der Waals surface area contributed by atoms with Crippen molar-refractivity contribution in [3.63, 3.8) is 0 Å². The van der Waals surface area contributed by atoms with E-state index in [0.29, 0.717) is 19.6 Å². The maximum absolute atomic E-state index is 11.4. The first-order valence-corrected chi connectivity index (χ1v) is 7.32. The van der Waals surface area contributed by atoms with Crippen molar-refractivity contribution in [1.82, 2.24) is 0 Å². The molecule has 2 aromatic carbocycles. The molecule has 3 heteroatoms. The minimum atomic E-state index is -1.05. The Labute approximate surface area is 125 Å². The SMILES string of the molecule is CC(O)(c1ccccc1)C1(CN)CCOc2ccccc21. The summed E-state index contributed by atoms with van der Waals surface area (Å²) in [5.41, 5.74) is 6.44. The number of fused-ring (bicyclic) bond motifs is 1. The van der Waals surface area contributed by atoms with Crippen LogP contribution in [0.2, 0.25) is 0 Å². The van der Waals surface area contributed by atoms with Crippen LogP contribution < -0.4 is 10.5 Å². The standard InChI is InChI=1S/C18H21NO2/c1-17(20,14-7-3-2-4-8-14)18(13-19)11-12-21-16-10-6-5-9-15(16)18/h2-10,20H,11-13,19H2,1H3. The van der Waals surface area contributed by atoms with E-state index in [1.807, 2.05) is 61.5 Å². The monoisotopic (exact) mass is 283 g/mol. The van der Waals surface area contributed by atoms with Gasteiger partial charge in [0, 0.05) is 17.5 Å². The van der Waals surface area contributed by atoms with Gasteiger partial charge in [0.15, 0.2) is 0 Å². The molecule has 0 bridgehead atoms. The number of para-hydroxylation sites is 1. The second-order valence-corrected chi connectivity index (χ2v) is 5.82. The van der Waals surface area contributed by atoms with Crippen molar-refractivity contribution in [3.8, 4) is 5.75 Å². The molecule has 2 aromatic rings. The second-order valence-electron chi connectivity index (χ2n) is 5.82. The third-order valence-electron chi connectivity index (χ3n) is 4.81. The van der Waals surface area contributed by atoms with Gasteiger partial charge >= 0.3 is 0 Å². The van der Waals surface area contributed by atoms with Gasteiger partial charge in [0.2, 0.25) is 0 Å². The molecule has 0 saturated heterocycles. The number of ether oxygens (including phenoxy) is 1. The van der Waals surface area contributed by atoms with Crippen molar-refractivity contribution < 1.29 is 9.84 Å². The Morgan fingerprint density at radius 2 is 1.81 bits per heavy atom. The summed E-state index contributed by atoms with van der Waals surface area (Å²) in [4.78, 5) is 0. The Balaban J connectivity index is 2.18. The average Bonchev–Trinajstić information content (AvgIpc) is 2.55. The Kier molecular flexibility index (Phi) is 3.47. The first kappa shape index (κ1) is 14.1. The number of hydrogen-bond acceptors (Lipinski definition) is 3. The summed E-state index contributed by atoms with van der Waals surface area (Å²) in [5.74, 6) is 0.824. The normalized spacial score (nSPS) is 23.8. The van der Waals surface area contributed by atoms with Gasteiger partial charge in [0.05, 0.1) is 12.2 Å². The zero-order chi connectivity index (χ0) is 14.9. The molecule has 0 spiro atoms. The van der Waals surface area contributed by atoms with E-state index in [-0.39, 0.29) is 0 Å². The maximum Gasteiger partial charge on any atom is 0.123 e. The molecule has 21 heavy (non-hydrogen) atoms. The zero-order valence-corrected chi connectivity index (χ0v) is 12.3. The quantitative estimate of drug-likeness (QED) is 0.910. The Hall–Kier alpha value is -1.84. The molecule has 0 fully saturated rings. The smallest absolute Gasteiger partial charge is 0.123 e. The topological polar surface area (TPSA) is 55.5 Å². The fraction of sp³-hybridized carbons (Fsp3) is 0.333. The number of hydrogen-bond donors (Lipinski definition) is 2. The number of nitrogens with two attached hydrogens (primary N) is 1. The maximum atomic E-state index is 11.4. The van der Waals surface area contributed by atoms with Crippen molar-refractivity contribution in [1.29, 1.82) is 0 Å². The third-order valence-corrected chi connectivity index (χ3v) is 4.81. The third kappa shape index (κ3) is 2.04. The van der Waals surface area contributed by atoms with Crippen LogP contribution in [0.3, 0.4) is 0 Å². The fourth-order valence-corrected chi connectivity index (χ4v) is 3.41. The van der Waals surface area contributed by atoms with E-state index in [1.54, 1.807) is 0 Å². The molecular weight excluding hydrogens is 262 g/mol. The fourth-order valence-electron chi connectivity index (χ4n) is 3.41. The Morgan fingerprint density at radius 3 is 2.52 bits per heavy atom. The highest BCUT2D eigenvalue weighted by Gasteiger charge is 2.51. The Bertz CT molecular complexity index is 624. The molecule has 110 valence electrons. The molecule has 0 amide bonds. The summed E-state index contributed by atoms with van der Waals surface area (Å²) in [7, 11) is 0. The van der Waals surface area contributed by atoms with E-state index >= 15 is 0 Å². The molecule has 3 nitrogen and oxygen atoms in total. The lowest BCUT2D eigenvalue weighted by atomic mass is 9.62. The van der Waals surface area contributed by atoms with Gasteiger partial charge in [0.1, 0.15) is 5.75 Å². The van der Waals surface area contributed by atoms with Gasteiger partial charge in [-0.05, 0) is 25.0 Å². The highest BCUT2D eigenvalue weighted by Crippen LogP contribution is 2.49. The second kappa shape index (κ2) is 5.17. The highest BCUT2D eigenvalue weighted by molar-refractivity contribution is 5.46. The average molecular weight is 283 g/mol. The summed E-state index contributed by atoms with van der Waals surface area (Å²) in [6.07, 6.45) is 0.697. The first-order valence-electron chi connectivity index (χ1n) is 7.32. The van der Waals surface area contributed by atoms with Gasteiger partial charge in [-0.1, -0.05) is 48.5 Å². The first-order chi connectivity index (χ1) is 10.1. The van der Waals surface area contributed by atoms with Crippen molar-refractivity contribution >= 4 is 0 Å². The highest BCUT2D eigenvalue weighted by atomic mass is 16.5. The van der Waals surface area contributed by atoms with Gasteiger partial charge in [-0.15, -0.1) is 0 Å². The predicted octanol–water partition coefficient (Wildman–Crippen LogP) is 2.57. The van der Waals surface area contributed by atoms with E-state index < -0.39 is 11.0 Å². The van der Waals surface area contributed by atoms with Gasteiger partial charge in [-0.25, -0.2) is 0 Å². The van der Waals surface area contributed by atoms with Crippen LogP contribution >= 0.6 is 0 Å². The largest absolute Gasteiger partial charge is 0.493 e. The van der Waals surface area contributed by atoms with Crippen LogP contribution in [-0.4, -0.2) is 18.3 Å². The molecule has 1 aliphatic rings. The van der Waals surface area contributed by atoms with Crippen LogP contribution in [-0.2, 0) is 11.0 Å². The van der Waals surface area contributed by atoms with Crippen LogP contribution in [0, 0.1) is 0 Å². The van der Waals surface area contributed by atoms with Gasteiger partial charge in [0.25, 0.3) is 0 Å². The zero-order valence-electron chi connectivity index (χ0n) is 12.3. The van der Waals surface area contributed by atoms with Crippen molar-refractivity contribution in [2.24, 2.45) is 5.73 Å². The summed E-state index contributed by atoms with van der Waals surface area (Å²) < 4.78 is 5.74. The minimum Gasteiger partial charge on any atom is -0.493 e. The molecule has 1 aliphatic heterocycles. The van der Waals surface area contributed by atoms with Crippen LogP contribution in [0.15, 0.2) is 54.6 Å². The van der Waals surface area contributed by atoms with Crippen molar-refractivity contribution in [2.45, 2.75) is 24.4 Å². The molecule has 2 unspecified atom stereocenters. The van der Waals surface area contributed by atoms with Crippen LogP contribution in [0.25, 0.3) is 0 Å². The van der Waals surface area contributed by atoms with Gasteiger partial charge < -0.3 is 15.6 Å². The van der Waals surface area contributed by atoms with Crippen LogP contribution in [0.4, 0.5) is 0 Å². The molecule has 2 atom stereocenters. The van der Waals surface area contributed by atoms with E-state index in [2.05, 4.69) is 0 Å². The van der Waals surface area contributed by atoms with Crippen molar-refractivity contribution in [3.05, 3.63) is 65.7 Å². The molecule has 3 N–H and O–H groups in total. The Morgan fingerprint density at radius 1 is 1.14 bits per heavy atom. The molecule has 3 rings (SSSR count). The van der Waals surface area contributed by atoms with E-state index in [0.717, 1.165) is 16.9 Å². The van der Waals surface area contributed by atoms with Crippen LogP contribution in [0.1, 0.15) is 24.5 Å². The molecule has 0 radical (unpaired) electrons. The molecular formula is C18H21NO2. The summed E-state index contributed by atoms with van der Waals surface area (Å²) in [6.45, 7) is 2.80. The molecule has 0 aromatic heterocycles. The lowest BCUT2D eigenvalue weighted by molar-refractivity contribution is -0.0434. The number of benzene rings is 2. The lowest BCUT2D eigenvalue weighted by Gasteiger charge is -2.48. The van der Waals surface area contributed by atoms with E-state index in [4.69, 9.17) is 10.5 Å². The van der Waals surface area contributed by atoms with Crippen LogP contribution in [0.5, 0.6) is 5.75 Å². The molecule has 0 aliphatic carbocycles. The summed E-state index contributed by atoms with van der Waals surface area (Å²) >= 11 is 0. The van der Waals surface area contributed by atoms with Gasteiger partial charge in [-0.3, -0.25) is 0 Å². The lowest BCUT2D eigenvalue weighted by Crippen LogP contribution is -2.54. The van der Waals surface area contributed by atoms with E-state index in [1.165, 1.54) is 0 Å². The van der Waals surface area contributed by atoms with E-state index in [9.17, 15) is 5.11 Å². The van der Waals surface area contributed by atoms with Crippen molar-refractivity contribution in [2.75, 3.05) is 13.2 Å². The summed E-state index contributed by atoms with van der Waals surface area (Å²) in [5, 5.41) is 11.4.